The van der Waals surface area contributed by atoms with Crippen molar-refractivity contribution in [1.29, 1.82) is 0 Å². The zero-order valence-electron chi connectivity index (χ0n) is 13.7. The Morgan fingerprint density at radius 1 is 1.39 bits per heavy atom. The molecule has 3 rings (SSSR count). The SMILES string of the molecule is COc1cccc(N2CCN(C(=O)c3cnc(C)[nH]3)C[C@@H]2C)c1. The fraction of sp³-hybridized carbons (Fsp3) is 0.412. The van der Waals surface area contributed by atoms with Crippen LogP contribution in [-0.4, -0.2) is 53.6 Å². The highest BCUT2D eigenvalue weighted by Gasteiger charge is 2.28. The number of piperazine rings is 1. The van der Waals surface area contributed by atoms with E-state index in [1.165, 1.54) is 0 Å². The molecule has 0 bridgehead atoms. The average Bonchev–Trinajstić information content (AvgIpc) is 3.00. The monoisotopic (exact) mass is 314 g/mol. The number of aromatic amines is 1. The van der Waals surface area contributed by atoms with E-state index in [1.54, 1.807) is 13.3 Å². The van der Waals surface area contributed by atoms with Crippen molar-refractivity contribution in [2.75, 3.05) is 31.6 Å². The van der Waals surface area contributed by atoms with Gasteiger partial charge in [0.25, 0.3) is 5.91 Å². The second-order valence-electron chi connectivity index (χ2n) is 5.88. The minimum Gasteiger partial charge on any atom is -0.497 e. The number of H-pyrrole nitrogens is 1. The number of benzene rings is 1. The van der Waals surface area contributed by atoms with E-state index in [0.29, 0.717) is 18.8 Å². The Labute approximate surface area is 136 Å². The number of aromatic nitrogens is 2. The number of nitrogens with zero attached hydrogens (tertiary/aromatic N) is 3. The molecule has 0 unspecified atom stereocenters. The van der Waals surface area contributed by atoms with E-state index in [1.807, 2.05) is 30.0 Å². The first-order valence-electron chi connectivity index (χ1n) is 7.80. The van der Waals surface area contributed by atoms with Gasteiger partial charge in [-0.1, -0.05) is 6.07 Å². The van der Waals surface area contributed by atoms with Crippen molar-refractivity contribution in [3.05, 3.63) is 42.0 Å². The summed E-state index contributed by atoms with van der Waals surface area (Å²) in [7, 11) is 1.67. The van der Waals surface area contributed by atoms with Crippen LogP contribution in [0, 0.1) is 6.92 Å². The summed E-state index contributed by atoms with van der Waals surface area (Å²) in [4.78, 5) is 23.8. The largest absolute Gasteiger partial charge is 0.497 e. The zero-order chi connectivity index (χ0) is 16.4. The van der Waals surface area contributed by atoms with Crippen LogP contribution in [0.5, 0.6) is 5.75 Å². The standard InChI is InChI=1S/C17H22N4O2/c1-12-11-20(17(22)16-10-18-13(2)19-16)7-8-21(12)14-5-4-6-15(9-14)23-3/h4-6,9-10,12H,7-8,11H2,1-3H3,(H,18,19)/t12-/m0/s1. The van der Waals surface area contributed by atoms with Crippen LogP contribution in [0.2, 0.25) is 0 Å². The number of carbonyl (C=O) groups is 1. The number of imidazole rings is 1. The molecule has 2 aromatic rings. The van der Waals surface area contributed by atoms with Crippen molar-refractivity contribution in [1.82, 2.24) is 14.9 Å². The molecule has 1 aromatic heterocycles. The number of rotatable bonds is 3. The van der Waals surface area contributed by atoms with Crippen LogP contribution in [-0.2, 0) is 0 Å². The first-order chi connectivity index (χ1) is 11.1. The topological polar surface area (TPSA) is 61.5 Å². The summed E-state index contributed by atoms with van der Waals surface area (Å²) in [5.74, 6) is 1.63. The van der Waals surface area contributed by atoms with E-state index in [9.17, 15) is 4.79 Å². The number of anilines is 1. The van der Waals surface area contributed by atoms with Crippen molar-refractivity contribution in [3.8, 4) is 5.75 Å². The summed E-state index contributed by atoms with van der Waals surface area (Å²) in [5.41, 5.74) is 1.69. The lowest BCUT2D eigenvalue weighted by Crippen LogP contribution is -2.53. The molecule has 1 fully saturated rings. The second kappa shape index (κ2) is 6.32. The van der Waals surface area contributed by atoms with E-state index in [2.05, 4.69) is 27.9 Å². The molecule has 0 spiro atoms. The van der Waals surface area contributed by atoms with Gasteiger partial charge in [-0.25, -0.2) is 4.98 Å². The maximum absolute atomic E-state index is 12.5. The molecule has 1 saturated heterocycles. The summed E-state index contributed by atoms with van der Waals surface area (Å²) >= 11 is 0. The summed E-state index contributed by atoms with van der Waals surface area (Å²) in [6.07, 6.45) is 1.61. The van der Waals surface area contributed by atoms with Gasteiger partial charge < -0.3 is 19.5 Å². The third kappa shape index (κ3) is 3.16. The van der Waals surface area contributed by atoms with Crippen LogP contribution in [0.15, 0.2) is 30.5 Å². The summed E-state index contributed by atoms with van der Waals surface area (Å²) < 4.78 is 5.30. The summed E-state index contributed by atoms with van der Waals surface area (Å²) in [5, 5.41) is 0. The molecule has 2 heterocycles. The number of methoxy groups -OCH3 is 1. The molecule has 6 heteroatoms. The van der Waals surface area contributed by atoms with Gasteiger partial charge in [0.2, 0.25) is 0 Å². The number of aryl methyl sites for hydroxylation is 1. The number of nitrogens with one attached hydrogen (secondary N) is 1. The van der Waals surface area contributed by atoms with Crippen molar-refractivity contribution in [2.24, 2.45) is 0 Å². The van der Waals surface area contributed by atoms with Crippen LogP contribution in [0.3, 0.4) is 0 Å². The van der Waals surface area contributed by atoms with Crippen LogP contribution in [0.4, 0.5) is 5.69 Å². The van der Waals surface area contributed by atoms with Gasteiger partial charge in [-0.05, 0) is 26.0 Å². The van der Waals surface area contributed by atoms with Crippen molar-refractivity contribution >= 4 is 11.6 Å². The number of carbonyl (C=O) groups excluding carboxylic acids is 1. The Hall–Kier alpha value is -2.50. The Morgan fingerprint density at radius 2 is 2.22 bits per heavy atom. The maximum atomic E-state index is 12.5. The molecular formula is C17H22N4O2. The lowest BCUT2D eigenvalue weighted by Gasteiger charge is -2.41. The van der Waals surface area contributed by atoms with Crippen LogP contribution < -0.4 is 9.64 Å². The van der Waals surface area contributed by atoms with Crippen molar-refractivity contribution in [3.63, 3.8) is 0 Å². The molecule has 0 radical (unpaired) electrons. The molecule has 0 aliphatic carbocycles. The molecule has 0 saturated carbocycles. The Morgan fingerprint density at radius 3 is 2.87 bits per heavy atom. The van der Waals surface area contributed by atoms with E-state index in [4.69, 9.17) is 4.74 Å². The summed E-state index contributed by atoms with van der Waals surface area (Å²) in [6, 6.07) is 8.28. The van der Waals surface area contributed by atoms with Crippen molar-refractivity contribution in [2.45, 2.75) is 19.9 Å². The van der Waals surface area contributed by atoms with Gasteiger partial charge in [-0.2, -0.15) is 0 Å². The highest BCUT2D eigenvalue weighted by Crippen LogP contribution is 2.25. The normalized spacial score (nSPS) is 18.1. The molecule has 1 aliphatic rings. The predicted molar refractivity (Wildman–Crippen MR) is 89.0 cm³/mol. The Balaban J connectivity index is 1.70. The number of amides is 1. The van der Waals surface area contributed by atoms with Gasteiger partial charge in [0.05, 0.1) is 13.3 Å². The fourth-order valence-electron chi connectivity index (χ4n) is 3.01. The predicted octanol–water partition coefficient (Wildman–Crippen LogP) is 2.08. The lowest BCUT2D eigenvalue weighted by atomic mass is 10.1. The molecule has 6 nitrogen and oxygen atoms in total. The molecule has 1 atom stereocenters. The third-order valence-corrected chi connectivity index (χ3v) is 4.23. The first kappa shape index (κ1) is 15.4. The molecule has 1 amide bonds. The van der Waals surface area contributed by atoms with Gasteiger partial charge in [0.1, 0.15) is 17.3 Å². The highest BCUT2D eigenvalue weighted by atomic mass is 16.5. The van der Waals surface area contributed by atoms with Gasteiger partial charge in [-0.3, -0.25) is 4.79 Å². The maximum Gasteiger partial charge on any atom is 0.272 e. The molecule has 1 N–H and O–H groups in total. The molecule has 1 aliphatic heterocycles. The van der Waals surface area contributed by atoms with Gasteiger partial charge in [0.15, 0.2) is 0 Å². The van der Waals surface area contributed by atoms with Gasteiger partial charge >= 0.3 is 0 Å². The van der Waals surface area contributed by atoms with Crippen LogP contribution >= 0.6 is 0 Å². The highest BCUT2D eigenvalue weighted by molar-refractivity contribution is 5.92. The minimum absolute atomic E-state index is 0.0164. The lowest BCUT2D eigenvalue weighted by molar-refractivity contribution is 0.0721. The quantitative estimate of drug-likeness (QED) is 0.942. The molecule has 1 aromatic carbocycles. The van der Waals surface area contributed by atoms with Gasteiger partial charge in [0, 0.05) is 37.4 Å². The minimum atomic E-state index is 0.0164. The average molecular weight is 314 g/mol. The molecular weight excluding hydrogens is 292 g/mol. The van der Waals surface area contributed by atoms with Crippen molar-refractivity contribution < 1.29 is 9.53 Å². The Bertz CT molecular complexity index is 697. The number of hydrogen-bond donors (Lipinski definition) is 1. The smallest absolute Gasteiger partial charge is 0.272 e. The van der Waals surface area contributed by atoms with E-state index < -0.39 is 0 Å². The zero-order valence-corrected chi connectivity index (χ0v) is 13.7. The summed E-state index contributed by atoms with van der Waals surface area (Å²) in [6.45, 7) is 6.16. The number of hydrogen-bond acceptors (Lipinski definition) is 4. The number of ether oxygens (including phenoxy) is 1. The van der Waals surface area contributed by atoms with Gasteiger partial charge in [-0.15, -0.1) is 0 Å². The first-order valence-corrected chi connectivity index (χ1v) is 7.80. The molecule has 23 heavy (non-hydrogen) atoms. The van der Waals surface area contributed by atoms with E-state index >= 15 is 0 Å². The Kier molecular flexibility index (Phi) is 4.23. The second-order valence-corrected chi connectivity index (χ2v) is 5.88. The van der Waals surface area contributed by atoms with Crippen LogP contribution in [0.1, 0.15) is 23.2 Å². The van der Waals surface area contributed by atoms with E-state index in [-0.39, 0.29) is 11.9 Å². The fourth-order valence-corrected chi connectivity index (χ4v) is 3.01. The van der Waals surface area contributed by atoms with E-state index in [0.717, 1.165) is 23.8 Å². The molecule has 122 valence electrons. The third-order valence-electron chi connectivity index (χ3n) is 4.23. The van der Waals surface area contributed by atoms with Crippen LogP contribution in [0.25, 0.3) is 0 Å².